The molecule has 1 aromatic carbocycles. The van der Waals surface area contributed by atoms with E-state index in [1.54, 1.807) is 30.3 Å². The second kappa shape index (κ2) is 6.04. The maximum Gasteiger partial charge on any atom is 0.418 e. The van der Waals surface area contributed by atoms with Crippen molar-refractivity contribution in [2.45, 2.75) is 30.8 Å². The van der Waals surface area contributed by atoms with Crippen LogP contribution in [0.1, 0.15) is 24.3 Å². The Morgan fingerprint density at radius 2 is 1.92 bits per heavy atom. The van der Waals surface area contributed by atoms with Crippen LogP contribution in [0.15, 0.2) is 30.3 Å². The molecule has 0 radical (unpaired) electrons. The molecule has 2 aliphatic rings. The van der Waals surface area contributed by atoms with Crippen molar-refractivity contribution in [1.29, 1.82) is 0 Å². The topological polar surface area (TPSA) is 124 Å². The average molecular weight is 356 g/mol. The summed E-state index contributed by atoms with van der Waals surface area (Å²) in [7, 11) is -4.82. The van der Waals surface area contributed by atoms with E-state index in [1.807, 2.05) is 0 Å². The summed E-state index contributed by atoms with van der Waals surface area (Å²) in [6.45, 7) is 0.148. The molecule has 3 atom stereocenters. The van der Waals surface area contributed by atoms with Gasteiger partial charge in [-0.1, -0.05) is 30.3 Å². The van der Waals surface area contributed by atoms with Crippen LogP contribution in [0, 0.1) is 0 Å². The number of carboxylic acids is 1. The molecule has 2 bridgehead atoms. The van der Waals surface area contributed by atoms with Crippen molar-refractivity contribution in [2.24, 2.45) is 0 Å². The number of carbonyl (C=O) groups is 2. The van der Waals surface area contributed by atoms with Crippen molar-refractivity contribution in [3.8, 4) is 0 Å². The number of urea groups is 1. The fourth-order valence-electron chi connectivity index (χ4n) is 3.40. The molecule has 2 fully saturated rings. The van der Waals surface area contributed by atoms with Gasteiger partial charge in [-0.05, 0) is 18.4 Å². The third-order valence-electron chi connectivity index (χ3n) is 4.35. The van der Waals surface area contributed by atoms with Gasteiger partial charge in [-0.15, -0.1) is 4.28 Å². The third kappa shape index (κ3) is 3.07. The Hall–Kier alpha value is -2.17. The molecule has 2 heterocycles. The predicted molar refractivity (Wildman–Crippen MR) is 80.2 cm³/mol. The first-order valence-corrected chi connectivity index (χ1v) is 8.69. The number of hydroxylamine groups is 2. The minimum atomic E-state index is -4.82. The zero-order chi connectivity index (χ0) is 17.5. The first-order valence-electron chi connectivity index (χ1n) is 7.32. The Morgan fingerprint density at radius 1 is 1.25 bits per heavy atom. The van der Waals surface area contributed by atoms with Gasteiger partial charge < -0.3 is 10.0 Å². The van der Waals surface area contributed by atoms with Crippen molar-refractivity contribution < 1.29 is 31.9 Å². The monoisotopic (exact) mass is 356 g/mol. The van der Waals surface area contributed by atoms with Gasteiger partial charge in [0.2, 0.25) is 0 Å². The number of carboxylic acid groups (broad SMARTS) is 1. The van der Waals surface area contributed by atoms with Crippen LogP contribution in [0.3, 0.4) is 0 Å². The molecule has 9 nitrogen and oxygen atoms in total. The highest BCUT2D eigenvalue weighted by molar-refractivity contribution is 7.80. The van der Waals surface area contributed by atoms with E-state index < -0.39 is 40.4 Å². The predicted octanol–water partition coefficient (Wildman–Crippen LogP) is 0.858. The normalized spacial score (nSPS) is 25.0. The summed E-state index contributed by atoms with van der Waals surface area (Å²) in [5.41, 5.74) is 0.565. The van der Waals surface area contributed by atoms with E-state index in [9.17, 15) is 23.1 Å². The number of piperidine rings is 1. The molecular formula is C14H16N2O7S. The number of hydrogen-bond acceptors (Lipinski definition) is 5. The molecule has 130 valence electrons. The lowest BCUT2D eigenvalue weighted by Crippen LogP contribution is -2.46. The maximum absolute atomic E-state index is 12.4. The molecule has 0 aliphatic carbocycles. The highest BCUT2D eigenvalue weighted by Crippen LogP contribution is 2.37. The number of benzene rings is 1. The SMILES string of the molecule is O=C(O)C(c1ccccc1)C1CC[C@@H]2CN1C(=O)N2OS(=O)(=O)O. The van der Waals surface area contributed by atoms with Crippen LogP contribution >= 0.6 is 0 Å². The smallest absolute Gasteiger partial charge is 0.418 e. The first-order chi connectivity index (χ1) is 11.3. The van der Waals surface area contributed by atoms with E-state index in [0.29, 0.717) is 23.5 Å². The van der Waals surface area contributed by atoms with Gasteiger partial charge in [-0.3, -0.25) is 9.35 Å². The minimum absolute atomic E-state index is 0.148. The quantitative estimate of drug-likeness (QED) is 0.750. The van der Waals surface area contributed by atoms with Crippen molar-refractivity contribution in [1.82, 2.24) is 9.96 Å². The Kier molecular flexibility index (Phi) is 4.20. The summed E-state index contributed by atoms with van der Waals surface area (Å²) in [6.07, 6.45) is 0.757. The fraction of sp³-hybridized carbons (Fsp3) is 0.429. The van der Waals surface area contributed by atoms with Crippen LogP contribution in [0.5, 0.6) is 0 Å². The highest BCUT2D eigenvalue weighted by atomic mass is 32.3. The van der Waals surface area contributed by atoms with Gasteiger partial charge in [0.15, 0.2) is 0 Å². The van der Waals surface area contributed by atoms with Crippen LogP contribution in [-0.2, 0) is 19.5 Å². The molecular weight excluding hydrogens is 340 g/mol. The van der Waals surface area contributed by atoms with Gasteiger partial charge in [0.05, 0.1) is 12.1 Å². The molecule has 2 unspecified atom stereocenters. The van der Waals surface area contributed by atoms with Crippen molar-refractivity contribution in [2.75, 3.05) is 6.54 Å². The van der Waals surface area contributed by atoms with E-state index in [0.717, 1.165) is 0 Å². The molecule has 24 heavy (non-hydrogen) atoms. The molecule has 0 aromatic heterocycles. The summed E-state index contributed by atoms with van der Waals surface area (Å²) < 4.78 is 34.9. The number of aliphatic carboxylic acids is 1. The molecule has 2 aliphatic heterocycles. The zero-order valence-corrected chi connectivity index (χ0v) is 13.3. The molecule has 0 saturated carbocycles. The summed E-state index contributed by atoms with van der Waals surface area (Å²) >= 11 is 0. The lowest BCUT2D eigenvalue weighted by molar-refractivity contribution is -0.140. The molecule has 3 rings (SSSR count). The lowest BCUT2D eigenvalue weighted by atomic mass is 9.85. The Morgan fingerprint density at radius 3 is 2.50 bits per heavy atom. The molecule has 2 N–H and O–H groups in total. The minimum Gasteiger partial charge on any atom is -0.481 e. The van der Waals surface area contributed by atoms with Crippen molar-refractivity contribution in [3.05, 3.63) is 35.9 Å². The van der Waals surface area contributed by atoms with Gasteiger partial charge in [0.25, 0.3) is 0 Å². The first kappa shape index (κ1) is 16.7. The number of rotatable bonds is 5. The largest absolute Gasteiger partial charge is 0.481 e. The number of amides is 2. The average Bonchev–Trinajstić information content (AvgIpc) is 2.74. The lowest BCUT2D eigenvalue weighted by Gasteiger charge is -2.34. The summed E-state index contributed by atoms with van der Waals surface area (Å²) in [5.74, 6) is -1.99. The van der Waals surface area contributed by atoms with Crippen LogP contribution in [-0.4, -0.2) is 58.7 Å². The van der Waals surface area contributed by atoms with Crippen LogP contribution in [0.2, 0.25) is 0 Å². The van der Waals surface area contributed by atoms with E-state index in [1.165, 1.54) is 4.90 Å². The molecule has 0 spiro atoms. The molecule has 10 heteroatoms. The number of hydrogen-bond donors (Lipinski definition) is 2. The highest BCUT2D eigenvalue weighted by Gasteiger charge is 2.50. The van der Waals surface area contributed by atoms with Gasteiger partial charge in [-0.25, -0.2) is 4.79 Å². The Balaban J connectivity index is 1.88. The van der Waals surface area contributed by atoms with E-state index in [2.05, 4.69) is 4.28 Å². The van der Waals surface area contributed by atoms with Crippen molar-refractivity contribution >= 4 is 22.4 Å². The Labute approximate surface area is 138 Å². The van der Waals surface area contributed by atoms with Gasteiger partial charge in [0, 0.05) is 6.54 Å². The van der Waals surface area contributed by atoms with Gasteiger partial charge in [-0.2, -0.15) is 13.5 Å². The van der Waals surface area contributed by atoms with E-state index in [-0.39, 0.29) is 6.54 Å². The summed E-state index contributed by atoms with van der Waals surface area (Å²) in [6, 6.07) is 6.64. The number of fused-ring (bicyclic) bond motifs is 2. The number of nitrogens with zero attached hydrogens (tertiary/aromatic N) is 2. The van der Waals surface area contributed by atoms with Crippen LogP contribution in [0.25, 0.3) is 0 Å². The number of carbonyl (C=O) groups excluding carboxylic acids is 1. The van der Waals surface area contributed by atoms with Gasteiger partial charge >= 0.3 is 22.4 Å². The second-order valence-electron chi connectivity index (χ2n) is 5.79. The Bertz CT molecular complexity index is 752. The standard InChI is InChI=1S/C14H16N2O7S/c17-13(18)12(9-4-2-1-3-5-9)11-7-6-10-8-15(11)14(19)16(10)23-24(20,21)22/h1-5,10-12H,6-8H2,(H,17,18)(H,20,21,22)/t10-,11?,12?/m1/s1. The van der Waals surface area contributed by atoms with Gasteiger partial charge in [0.1, 0.15) is 5.92 Å². The van der Waals surface area contributed by atoms with Crippen LogP contribution < -0.4 is 0 Å². The molecule has 2 saturated heterocycles. The van der Waals surface area contributed by atoms with E-state index in [4.69, 9.17) is 4.55 Å². The molecule has 2 amide bonds. The van der Waals surface area contributed by atoms with Crippen molar-refractivity contribution in [3.63, 3.8) is 0 Å². The fourth-order valence-corrected chi connectivity index (χ4v) is 3.79. The maximum atomic E-state index is 12.4. The third-order valence-corrected chi connectivity index (χ3v) is 4.70. The zero-order valence-electron chi connectivity index (χ0n) is 12.5. The van der Waals surface area contributed by atoms with Crippen LogP contribution in [0.4, 0.5) is 4.79 Å². The van der Waals surface area contributed by atoms with E-state index >= 15 is 0 Å². The summed E-state index contributed by atoms with van der Waals surface area (Å²) in [4.78, 5) is 25.5. The summed E-state index contributed by atoms with van der Waals surface area (Å²) in [5, 5.41) is 10.2. The second-order valence-corrected chi connectivity index (χ2v) is 6.79. The molecule has 1 aromatic rings.